The first-order chi connectivity index (χ1) is 17.2. The van der Waals surface area contributed by atoms with Crippen molar-refractivity contribution in [1.82, 2.24) is 14.6 Å². The van der Waals surface area contributed by atoms with Crippen molar-refractivity contribution in [2.75, 3.05) is 39.1 Å². The molecule has 0 radical (unpaired) electrons. The number of nitrogens with two attached hydrogens (primary N) is 1. The number of fused-ring (bicyclic) bond motifs is 1. The van der Waals surface area contributed by atoms with Crippen molar-refractivity contribution in [2.24, 2.45) is 5.73 Å². The Morgan fingerprint density at radius 1 is 1.19 bits per heavy atom. The van der Waals surface area contributed by atoms with Crippen LogP contribution in [0, 0.1) is 5.82 Å². The molecule has 1 amide bonds. The Balaban J connectivity index is 1.68. The molecule has 0 atom stereocenters. The number of aromatic nitrogens is 1. The highest BCUT2D eigenvalue weighted by molar-refractivity contribution is 7.89. The van der Waals surface area contributed by atoms with Gasteiger partial charge in [-0.15, -0.1) is 0 Å². The van der Waals surface area contributed by atoms with Gasteiger partial charge in [0.1, 0.15) is 5.82 Å². The molecule has 0 bridgehead atoms. The van der Waals surface area contributed by atoms with E-state index in [2.05, 4.69) is 10.3 Å². The minimum Gasteiger partial charge on any atom is -0.383 e. The summed E-state index contributed by atoms with van der Waals surface area (Å²) in [6.45, 7) is 4.25. The summed E-state index contributed by atoms with van der Waals surface area (Å²) < 4.78 is 45.6. The summed E-state index contributed by atoms with van der Waals surface area (Å²) in [7, 11) is -1.59. The fourth-order valence-electron chi connectivity index (χ4n) is 4.91. The second-order valence-electron chi connectivity index (χ2n) is 9.15. The number of H-pyrrole nitrogens is 1. The molecule has 194 valence electrons. The number of aromatic amines is 1. The first kappa shape index (κ1) is 26.3. The number of ether oxygens (including phenoxy) is 1. The van der Waals surface area contributed by atoms with Gasteiger partial charge in [-0.2, -0.15) is 0 Å². The Bertz CT molecular complexity index is 1350. The molecule has 1 saturated heterocycles. The smallest absolute Gasteiger partial charge is 0.250 e. The molecule has 3 aromatic rings. The second kappa shape index (κ2) is 11.1. The molecule has 2 heterocycles. The number of hydrogen-bond donors (Lipinski definition) is 3. The van der Waals surface area contributed by atoms with E-state index < -0.39 is 15.9 Å². The van der Waals surface area contributed by atoms with Crippen molar-refractivity contribution < 1.29 is 22.3 Å². The number of carbonyl (C=O) groups is 1. The lowest BCUT2D eigenvalue weighted by Crippen LogP contribution is -2.38. The lowest BCUT2D eigenvalue weighted by molar-refractivity contribution is 0.100. The average molecular weight is 517 g/mol. The number of rotatable bonds is 10. The first-order valence-corrected chi connectivity index (χ1v) is 13.8. The van der Waals surface area contributed by atoms with Crippen LogP contribution in [-0.2, 0) is 21.3 Å². The third kappa shape index (κ3) is 5.62. The zero-order valence-corrected chi connectivity index (χ0v) is 21.5. The van der Waals surface area contributed by atoms with Gasteiger partial charge in [-0.1, -0.05) is 0 Å². The third-order valence-corrected chi connectivity index (χ3v) is 8.72. The molecular weight excluding hydrogens is 483 g/mol. The van der Waals surface area contributed by atoms with Crippen LogP contribution in [0.25, 0.3) is 22.0 Å². The molecule has 10 heteroatoms. The Labute approximate surface area is 211 Å². The van der Waals surface area contributed by atoms with Crippen molar-refractivity contribution >= 4 is 26.8 Å². The molecule has 1 aromatic heterocycles. The normalized spacial score (nSPS) is 15.5. The van der Waals surface area contributed by atoms with Gasteiger partial charge in [-0.3, -0.25) is 4.79 Å². The average Bonchev–Trinajstić information content (AvgIpc) is 3.29. The summed E-state index contributed by atoms with van der Waals surface area (Å²) in [6.07, 6.45) is 3.24. The largest absolute Gasteiger partial charge is 0.383 e. The molecule has 4 N–H and O–H groups in total. The summed E-state index contributed by atoms with van der Waals surface area (Å²) in [5, 5.41) is 4.07. The highest BCUT2D eigenvalue weighted by Crippen LogP contribution is 2.37. The number of benzene rings is 2. The van der Waals surface area contributed by atoms with Crippen LogP contribution in [0.1, 0.15) is 47.2 Å². The van der Waals surface area contributed by atoms with Crippen LogP contribution in [0.2, 0.25) is 0 Å². The predicted octanol–water partition coefficient (Wildman–Crippen LogP) is 3.34. The van der Waals surface area contributed by atoms with Gasteiger partial charge in [0.05, 0.1) is 23.4 Å². The van der Waals surface area contributed by atoms with Gasteiger partial charge in [-0.05, 0) is 78.3 Å². The number of methoxy groups -OCH3 is 1. The van der Waals surface area contributed by atoms with Crippen molar-refractivity contribution in [3.05, 3.63) is 59.0 Å². The molecule has 0 saturated carbocycles. The second-order valence-corrected chi connectivity index (χ2v) is 11.4. The third-order valence-electron chi connectivity index (χ3n) is 6.84. The molecule has 2 aromatic carbocycles. The van der Waals surface area contributed by atoms with Crippen molar-refractivity contribution in [1.29, 1.82) is 0 Å². The fourth-order valence-corrected chi connectivity index (χ4v) is 6.04. The minimum absolute atomic E-state index is 0.0909. The number of nitrogens with zero attached hydrogens (tertiary/aromatic N) is 1. The Morgan fingerprint density at radius 2 is 1.92 bits per heavy atom. The maximum atomic E-state index is 14.5. The number of piperidine rings is 1. The summed E-state index contributed by atoms with van der Waals surface area (Å²) in [4.78, 5) is 15.5. The highest BCUT2D eigenvalue weighted by Gasteiger charge is 2.29. The molecule has 36 heavy (non-hydrogen) atoms. The fraction of sp³-hybridized carbons (Fsp3) is 0.423. The number of amides is 1. The Morgan fingerprint density at radius 3 is 2.58 bits per heavy atom. The van der Waals surface area contributed by atoms with Gasteiger partial charge in [0.2, 0.25) is 10.0 Å². The summed E-state index contributed by atoms with van der Waals surface area (Å²) >= 11 is 0. The molecule has 1 aliphatic heterocycles. The zero-order chi connectivity index (χ0) is 25.9. The van der Waals surface area contributed by atoms with Crippen LogP contribution >= 0.6 is 0 Å². The van der Waals surface area contributed by atoms with Crippen LogP contribution in [0.4, 0.5) is 4.39 Å². The van der Waals surface area contributed by atoms with E-state index in [-0.39, 0.29) is 17.5 Å². The lowest BCUT2D eigenvalue weighted by atomic mass is 9.88. The van der Waals surface area contributed by atoms with E-state index in [0.717, 1.165) is 16.5 Å². The SMILES string of the molecule is CCS(=O)(=O)N1CCC(c2c[nH]c3c(C(N)=O)cc(-c4cc(F)cc(CNCCOC)c4)cc23)CC1. The topological polar surface area (TPSA) is 118 Å². The molecular formula is C26H33FN4O4S. The lowest BCUT2D eigenvalue weighted by Gasteiger charge is -2.31. The van der Waals surface area contributed by atoms with Crippen LogP contribution < -0.4 is 11.1 Å². The number of nitrogens with one attached hydrogen (secondary N) is 2. The van der Waals surface area contributed by atoms with Gasteiger partial charge < -0.3 is 20.8 Å². The number of sulfonamides is 1. The van der Waals surface area contributed by atoms with E-state index >= 15 is 0 Å². The van der Waals surface area contributed by atoms with Crippen molar-refractivity contribution in [3.8, 4) is 11.1 Å². The summed E-state index contributed by atoms with van der Waals surface area (Å²) in [5.41, 5.74) is 9.84. The first-order valence-electron chi connectivity index (χ1n) is 12.2. The van der Waals surface area contributed by atoms with Crippen molar-refractivity contribution in [3.63, 3.8) is 0 Å². The number of primary amides is 1. The van der Waals surface area contributed by atoms with Gasteiger partial charge in [0, 0.05) is 44.9 Å². The van der Waals surface area contributed by atoms with E-state index in [0.29, 0.717) is 67.8 Å². The van der Waals surface area contributed by atoms with E-state index in [1.807, 2.05) is 18.3 Å². The molecule has 8 nitrogen and oxygen atoms in total. The Kier molecular flexibility index (Phi) is 8.09. The van der Waals surface area contributed by atoms with Crippen LogP contribution in [0.3, 0.4) is 0 Å². The maximum absolute atomic E-state index is 14.5. The predicted molar refractivity (Wildman–Crippen MR) is 139 cm³/mol. The molecule has 1 fully saturated rings. The number of halogens is 1. The minimum atomic E-state index is -3.22. The van der Waals surface area contributed by atoms with Crippen LogP contribution in [0.5, 0.6) is 0 Å². The molecule has 1 aliphatic rings. The van der Waals surface area contributed by atoms with Gasteiger partial charge in [0.25, 0.3) is 5.91 Å². The van der Waals surface area contributed by atoms with E-state index in [1.165, 1.54) is 12.1 Å². The number of hydrogen-bond acceptors (Lipinski definition) is 5. The van der Waals surface area contributed by atoms with Crippen LogP contribution in [-0.4, -0.2) is 62.7 Å². The summed E-state index contributed by atoms with van der Waals surface area (Å²) in [5.74, 6) is -0.716. The zero-order valence-electron chi connectivity index (χ0n) is 20.6. The molecule has 0 aliphatic carbocycles. The van der Waals surface area contributed by atoms with Gasteiger partial charge in [0.15, 0.2) is 0 Å². The monoisotopic (exact) mass is 516 g/mol. The van der Waals surface area contributed by atoms with Gasteiger partial charge >= 0.3 is 0 Å². The van der Waals surface area contributed by atoms with E-state index in [9.17, 15) is 17.6 Å². The van der Waals surface area contributed by atoms with E-state index in [4.69, 9.17) is 10.5 Å². The standard InChI is InChI=1S/C26H33FN4O4S/c1-3-36(33,34)31-7-4-18(5-8-31)24-16-30-25-22(24)13-20(14-23(25)26(28)32)19-10-17(11-21(27)12-19)15-29-6-9-35-2/h10-14,16,18,29-30H,3-9,15H2,1-2H3,(H2,28,32). The molecule has 0 spiro atoms. The molecule has 4 rings (SSSR count). The molecule has 0 unspecified atom stereocenters. The van der Waals surface area contributed by atoms with Crippen LogP contribution in [0.15, 0.2) is 36.5 Å². The van der Waals surface area contributed by atoms with E-state index in [1.54, 1.807) is 24.4 Å². The quantitative estimate of drug-likeness (QED) is 0.357. The Hall–Kier alpha value is -2.79. The number of carbonyl (C=O) groups excluding carboxylic acids is 1. The highest BCUT2D eigenvalue weighted by atomic mass is 32.2. The maximum Gasteiger partial charge on any atom is 0.250 e. The van der Waals surface area contributed by atoms with Crippen molar-refractivity contribution in [2.45, 2.75) is 32.2 Å². The summed E-state index contributed by atoms with van der Waals surface area (Å²) in [6, 6.07) is 8.48. The van der Waals surface area contributed by atoms with Gasteiger partial charge in [-0.25, -0.2) is 17.1 Å².